The number of fused-ring (bicyclic) bond motifs is 1. The first kappa shape index (κ1) is 11.3. The highest BCUT2D eigenvalue weighted by Gasteiger charge is 2.57. The molecule has 0 aliphatic heterocycles. The van der Waals surface area contributed by atoms with Gasteiger partial charge in [0.25, 0.3) is 0 Å². The second-order valence-corrected chi connectivity index (χ2v) is 6.20. The van der Waals surface area contributed by atoms with E-state index in [0.717, 1.165) is 24.8 Å². The summed E-state index contributed by atoms with van der Waals surface area (Å²) in [5, 5.41) is 9.66. The number of carbonyl (C=O) groups excluding carboxylic acids is 1. The van der Waals surface area contributed by atoms with Crippen LogP contribution in [-0.2, 0) is 16.6 Å². The molecule has 3 aliphatic carbocycles. The van der Waals surface area contributed by atoms with Gasteiger partial charge in [-0.2, -0.15) is 0 Å². The second kappa shape index (κ2) is 3.50. The molecule has 3 aliphatic rings. The molecule has 1 N–H and O–H groups in total. The van der Waals surface area contributed by atoms with Gasteiger partial charge in [-0.15, -0.1) is 0 Å². The summed E-state index contributed by atoms with van der Waals surface area (Å²) < 4.78 is 0. The number of phenols is 1. The largest absolute Gasteiger partial charge is 0.508 e. The fourth-order valence-electron chi connectivity index (χ4n) is 4.73. The number of aromatic hydroxyl groups is 1. The quantitative estimate of drug-likeness (QED) is 0.835. The lowest BCUT2D eigenvalue weighted by Gasteiger charge is -2.59. The van der Waals surface area contributed by atoms with E-state index in [1.54, 1.807) is 6.07 Å². The van der Waals surface area contributed by atoms with Crippen molar-refractivity contribution in [3.63, 3.8) is 0 Å². The maximum absolute atomic E-state index is 12.1. The first-order chi connectivity index (χ1) is 9.15. The molecule has 1 saturated carbocycles. The van der Waals surface area contributed by atoms with Crippen molar-refractivity contribution in [3.8, 4) is 5.75 Å². The molecule has 1 fully saturated rings. The zero-order valence-corrected chi connectivity index (χ0v) is 11.2. The highest BCUT2D eigenvalue weighted by Crippen LogP contribution is 2.64. The van der Waals surface area contributed by atoms with Crippen LogP contribution in [-0.4, -0.2) is 10.9 Å². The van der Waals surface area contributed by atoms with Crippen molar-refractivity contribution in [2.75, 3.05) is 0 Å². The molecular formula is C17H18O2. The average molecular weight is 254 g/mol. The standard InChI is InChI=1S/C17H18O2/c1-2-13-15(19)5-6-17-9-11(16(13)17)7-10-8-12(18)3-4-14(10)17/h3-4,8,11,18H,2,5-7,9H2,1H3. The maximum atomic E-state index is 12.1. The zero-order valence-electron chi connectivity index (χ0n) is 11.2. The monoisotopic (exact) mass is 254 g/mol. The summed E-state index contributed by atoms with van der Waals surface area (Å²) in [5.41, 5.74) is 5.38. The topological polar surface area (TPSA) is 37.3 Å². The molecule has 2 bridgehead atoms. The van der Waals surface area contributed by atoms with Crippen LogP contribution >= 0.6 is 0 Å². The van der Waals surface area contributed by atoms with E-state index in [4.69, 9.17) is 0 Å². The Bertz CT molecular complexity index is 626. The van der Waals surface area contributed by atoms with Crippen molar-refractivity contribution >= 4 is 5.78 Å². The molecule has 0 heterocycles. The number of allylic oxidation sites excluding steroid dienone is 2. The van der Waals surface area contributed by atoms with Gasteiger partial charge in [0.15, 0.2) is 5.78 Å². The normalized spacial score (nSPS) is 31.6. The van der Waals surface area contributed by atoms with Gasteiger partial charge in [-0.1, -0.05) is 13.0 Å². The molecule has 2 atom stereocenters. The molecule has 0 amide bonds. The minimum absolute atomic E-state index is 0.144. The molecule has 0 saturated heterocycles. The van der Waals surface area contributed by atoms with Crippen LogP contribution in [0.4, 0.5) is 0 Å². The number of phenolic OH excluding ortho intramolecular Hbond substituents is 1. The van der Waals surface area contributed by atoms with Crippen LogP contribution in [0.5, 0.6) is 5.75 Å². The highest BCUT2D eigenvalue weighted by atomic mass is 16.3. The summed E-state index contributed by atoms with van der Waals surface area (Å²) in [6.45, 7) is 2.10. The van der Waals surface area contributed by atoms with Gasteiger partial charge < -0.3 is 5.11 Å². The number of hydrogen-bond acceptors (Lipinski definition) is 2. The minimum Gasteiger partial charge on any atom is -0.508 e. The summed E-state index contributed by atoms with van der Waals surface area (Å²) in [6, 6.07) is 5.80. The van der Waals surface area contributed by atoms with Crippen LogP contribution in [0.15, 0.2) is 29.3 Å². The van der Waals surface area contributed by atoms with Crippen LogP contribution in [0.25, 0.3) is 0 Å². The Kier molecular flexibility index (Phi) is 2.08. The lowest BCUT2D eigenvalue weighted by atomic mass is 9.44. The van der Waals surface area contributed by atoms with E-state index in [0.29, 0.717) is 23.9 Å². The van der Waals surface area contributed by atoms with Crippen molar-refractivity contribution in [1.29, 1.82) is 0 Å². The Morgan fingerprint density at radius 3 is 3.05 bits per heavy atom. The van der Waals surface area contributed by atoms with E-state index in [-0.39, 0.29) is 5.41 Å². The van der Waals surface area contributed by atoms with Crippen molar-refractivity contribution in [2.45, 2.75) is 44.4 Å². The number of Topliss-reactive ketones (excluding diaryl/α,β-unsaturated/α-hetero) is 1. The van der Waals surface area contributed by atoms with Crippen LogP contribution in [0, 0.1) is 5.92 Å². The van der Waals surface area contributed by atoms with Gasteiger partial charge in [0, 0.05) is 11.8 Å². The van der Waals surface area contributed by atoms with Crippen molar-refractivity contribution in [2.24, 2.45) is 5.92 Å². The molecule has 98 valence electrons. The molecule has 2 unspecified atom stereocenters. The van der Waals surface area contributed by atoms with E-state index < -0.39 is 0 Å². The summed E-state index contributed by atoms with van der Waals surface area (Å²) in [6.07, 6.45) is 4.74. The SMILES string of the molecule is CCC1=C2C3Cc4cc(O)ccc4C2(CCC1=O)C3. The molecule has 0 spiro atoms. The van der Waals surface area contributed by atoms with Gasteiger partial charge >= 0.3 is 0 Å². The number of hydrogen-bond donors (Lipinski definition) is 1. The van der Waals surface area contributed by atoms with Gasteiger partial charge in [0.1, 0.15) is 5.75 Å². The molecule has 4 rings (SSSR count). The van der Waals surface area contributed by atoms with E-state index in [1.165, 1.54) is 23.1 Å². The van der Waals surface area contributed by atoms with Crippen LogP contribution in [0.1, 0.15) is 43.7 Å². The molecule has 0 aromatic heterocycles. The smallest absolute Gasteiger partial charge is 0.158 e. The van der Waals surface area contributed by atoms with Gasteiger partial charge in [-0.3, -0.25) is 4.79 Å². The Labute approximate surface area is 113 Å². The first-order valence-electron chi connectivity index (χ1n) is 7.25. The second-order valence-electron chi connectivity index (χ2n) is 6.20. The van der Waals surface area contributed by atoms with Crippen molar-refractivity contribution < 1.29 is 9.90 Å². The van der Waals surface area contributed by atoms with Crippen LogP contribution in [0.2, 0.25) is 0 Å². The van der Waals surface area contributed by atoms with Gasteiger partial charge in [-0.25, -0.2) is 0 Å². The van der Waals surface area contributed by atoms with Crippen LogP contribution < -0.4 is 0 Å². The third-order valence-corrected chi connectivity index (χ3v) is 5.38. The summed E-state index contributed by atoms with van der Waals surface area (Å²) in [5.74, 6) is 1.29. The van der Waals surface area contributed by atoms with E-state index in [2.05, 4.69) is 13.0 Å². The predicted octanol–water partition coefficient (Wildman–Crippen LogP) is 3.28. The molecule has 0 radical (unpaired) electrons. The first-order valence-corrected chi connectivity index (χ1v) is 7.25. The fourth-order valence-corrected chi connectivity index (χ4v) is 4.73. The number of ketones is 1. The highest BCUT2D eigenvalue weighted by molar-refractivity contribution is 5.98. The van der Waals surface area contributed by atoms with E-state index in [9.17, 15) is 9.90 Å². The molecule has 2 nitrogen and oxygen atoms in total. The average Bonchev–Trinajstić information content (AvgIpc) is 2.39. The lowest BCUT2D eigenvalue weighted by molar-refractivity contribution is -0.117. The van der Waals surface area contributed by atoms with Gasteiger partial charge in [0.2, 0.25) is 0 Å². The van der Waals surface area contributed by atoms with Gasteiger partial charge in [-0.05, 0) is 66.0 Å². The summed E-state index contributed by atoms with van der Waals surface area (Å²) in [7, 11) is 0. The Morgan fingerprint density at radius 1 is 1.42 bits per heavy atom. The molecule has 2 heteroatoms. The van der Waals surface area contributed by atoms with Crippen LogP contribution in [0.3, 0.4) is 0 Å². The molecule has 1 aromatic rings. The molecular weight excluding hydrogens is 236 g/mol. The predicted molar refractivity (Wildman–Crippen MR) is 73.2 cm³/mol. The number of benzene rings is 1. The van der Waals surface area contributed by atoms with Crippen molar-refractivity contribution in [3.05, 3.63) is 40.5 Å². The molecule has 19 heavy (non-hydrogen) atoms. The maximum Gasteiger partial charge on any atom is 0.158 e. The fraction of sp³-hybridized carbons (Fsp3) is 0.471. The number of carbonyl (C=O) groups is 1. The van der Waals surface area contributed by atoms with E-state index in [1.807, 2.05) is 6.07 Å². The third kappa shape index (κ3) is 1.24. The number of rotatable bonds is 1. The summed E-state index contributed by atoms with van der Waals surface area (Å²) >= 11 is 0. The van der Waals surface area contributed by atoms with Crippen molar-refractivity contribution in [1.82, 2.24) is 0 Å². The Balaban J connectivity index is 1.95. The lowest BCUT2D eigenvalue weighted by Crippen LogP contribution is -2.53. The van der Waals surface area contributed by atoms with Gasteiger partial charge in [0.05, 0.1) is 0 Å². The summed E-state index contributed by atoms with van der Waals surface area (Å²) in [4.78, 5) is 12.1. The minimum atomic E-state index is 0.144. The Hall–Kier alpha value is -1.57. The van der Waals surface area contributed by atoms with E-state index >= 15 is 0 Å². The molecule has 1 aromatic carbocycles. The zero-order chi connectivity index (χ0) is 13.2. The Morgan fingerprint density at radius 2 is 2.26 bits per heavy atom. The third-order valence-electron chi connectivity index (χ3n) is 5.38.